The number of rotatable bonds is 2. The van der Waals surface area contributed by atoms with E-state index < -0.39 is 0 Å². The SMILES string of the molecule is CN(C)C1(C(=O)N2CCN3CCCC3C2)Cc2ccccc2C1. The van der Waals surface area contributed by atoms with Gasteiger partial charge in [0.1, 0.15) is 5.54 Å². The minimum absolute atomic E-state index is 0.338. The van der Waals surface area contributed by atoms with E-state index in [-0.39, 0.29) is 5.54 Å². The molecule has 4 nitrogen and oxygen atoms in total. The van der Waals surface area contributed by atoms with Crippen molar-refractivity contribution in [1.29, 1.82) is 0 Å². The van der Waals surface area contributed by atoms with Gasteiger partial charge in [-0.3, -0.25) is 14.6 Å². The molecule has 2 heterocycles. The highest BCUT2D eigenvalue weighted by atomic mass is 16.2. The number of fused-ring (bicyclic) bond motifs is 2. The quantitative estimate of drug-likeness (QED) is 0.826. The minimum Gasteiger partial charge on any atom is -0.338 e. The largest absolute Gasteiger partial charge is 0.338 e. The second kappa shape index (κ2) is 5.60. The number of likely N-dealkylation sites (N-methyl/N-ethyl adjacent to an activating group) is 1. The molecule has 4 heteroatoms. The number of hydrogen-bond acceptors (Lipinski definition) is 3. The fourth-order valence-electron chi connectivity index (χ4n) is 4.72. The standard InChI is InChI=1S/C19H27N3O/c1-20(2)19(12-15-6-3-4-7-16(15)13-19)18(23)22-11-10-21-9-5-8-17(21)14-22/h3-4,6-7,17H,5,8-14H2,1-2H3. The van der Waals surface area contributed by atoms with Gasteiger partial charge < -0.3 is 4.90 Å². The first-order valence-electron chi connectivity index (χ1n) is 8.88. The summed E-state index contributed by atoms with van der Waals surface area (Å²) in [6.07, 6.45) is 4.23. The zero-order chi connectivity index (χ0) is 16.0. The van der Waals surface area contributed by atoms with E-state index in [1.807, 2.05) is 0 Å². The van der Waals surface area contributed by atoms with Gasteiger partial charge in [0, 0.05) is 38.5 Å². The molecule has 0 radical (unpaired) electrons. The zero-order valence-corrected chi connectivity index (χ0v) is 14.3. The van der Waals surface area contributed by atoms with Gasteiger partial charge in [0.05, 0.1) is 0 Å². The number of piperazine rings is 1. The Bertz CT molecular complexity index is 587. The van der Waals surface area contributed by atoms with E-state index in [9.17, 15) is 4.79 Å². The molecule has 0 bridgehead atoms. The van der Waals surface area contributed by atoms with Crippen molar-refractivity contribution in [3.05, 3.63) is 35.4 Å². The highest BCUT2D eigenvalue weighted by Gasteiger charge is 2.48. The van der Waals surface area contributed by atoms with Crippen molar-refractivity contribution in [1.82, 2.24) is 14.7 Å². The molecule has 1 atom stereocenters. The summed E-state index contributed by atoms with van der Waals surface area (Å²) in [5.74, 6) is 0.338. The van der Waals surface area contributed by atoms with Crippen molar-refractivity contribution in [2.24, 2.45) is 0 Å². The van der Waals surface area contributed by atoms with Crippen molar-refractivity contribution in [2.45, 2.75) is 37.3 Å². The van der Waals surface area contributed by atoms with Gasteiger partial charge in [-0.1, -0.05) is 24.3 Å². The van der Waals surface area contributed by atoms with Crippen LogP contribution in [0.25, 0.3) is 0 Å². The molecule has 3 aliphatic rings. The van der Waals surface area contributed by atoms with Gasteiger partial charge in [0.15, 0.2) is 0 Å². The predicted molar refractivity (Wildman–Crippen MR) is 91.4 cm³/mol. The molecule has 4 rings (SSSR count). The summed E-state index contributed by atoms with van der Waals surface area (Å²) in [5, 5.41) is 0. The fraction of sp³-hybridized carbons (Fsp3) is 0.632. The molecule has 1 amide bonds. The topological polar surface area (TPSA) is 26.8 Å². The molecule has 1 aromatic carbocycles. The van der Waals surface area contributed by atoms with Gasteiger partial charge in [0.25, 0.3) is 0 Å². The summed E-state index contributed by atoms with van der Waals surface area (Å²) < 4.78 is 0. The Morgan fingerprint density at radius 3 is 2.48 bits per heavy atom. The molecule has 2 aliphatic heterocycles. The Morgan fingerprint density at radius 1 is 1.13 bits per heavy atom. The van der Waals surface area contributed by atoms with Gasteiger partial charge in [-0.2, -0.15) is 0 Å². The first kappa shape index (κ1) is 15.2. The molecule has 1 aromatic rings. The smallest absolute Gasteiger partial charge is 0.243 e. The first-order valence-corrected chi connectivity index (χ1v) is 8.88. The lowest BCUT2D eigenvalue weighted by Crippen LogP contribution is -2.62. The normalized spacial score (nSPS) is 26.4. The maximum Gasteiger partial charge on any atom is 0.243 e. The fourth-order valence-corrected chi connectivity index (χ4v) is 4.72. The van der Waals surface area contributed by atoms with Crippen molar-refractivity contribution in [2.75, 3.05) is 40.3 Å². The van der Waals surface area contributed by atoms with E-state index in [0.717, 1.165) is 32.5 Å². The Balaban J connectivity index is 1.58. The van der Waals surface area contributed by atoms with Gasteiger partial charge in [-0.05, 0) is 44.6 Å². The third-order valence-corrected chi connectivity index (χ3v) is 6.21. The lowest BCUT2D eigenvalue weighted by atomic mass is 9.91. The summed E-state index contributed by atoms with van der Waals surface area (Å²) >= 11 is 0. The molecule has 2 fully saturated rings. The number of amides is 1. The number of benzene rings is 1. The van der Waals surface area contributed by atoms with Gasteiger partial charge in [-0.25, -0.2) is 0 Å². The number of carbonyl (C=O) groups excluding carboxylic acids is 1. The maximum absolute atomic E-state index is 13.5. The maximum atomic E-state index is 13.5. The number of nitrogens with zero attached hydrogens (tertiary/aromatic N) is 3. The molecule has 1 unspecified atom stereocenters. The van der Waals surface area contributed by atoms with E-state index in [4.69, 9.17) is 0 Å². The van der Waals surface area contributed by atoms with E-state index in [0.29, 0.717) is 11.9 Å². The molecule has 23 heavy (non-hydrogen) atoms. The van der Waals surface area contributed by atoms with E-state index >= 15 is 0 Å². The van der Waals surface area contributed by atoms with Crippen LogP contribution < -0.4 is 0 Å². The molecule has 1 aliphatic carbocycles. The van der Waals surface area contributed by atoms with Crippen LogP contribution in [0.15, 0.2) is 24.3 Å². The Labute approximate surface area is 139 Å². The lowest BCUT2D eigenvalue weighted by molar-refractivity contribution is -0.145. The van der Waals surface area contributed by atoms with Crippen molar-refractivity contribution in [3.8, 4) is 0 Å². The lowest BCUT2D eigenvalue weighted by Gasteiger charge is -2.44. The van der Waals surface area contributed by atoms with Gasteiger partial charge in [-0.15, -0.1) is 0 Å². The van der Waals surface area contributed by atoms with Crippen molar-refractivity contribution >= 4 is 5.91 Å². The van der Waals surface area contributed by atoms with Crippen molar-refractivity contribution in [3.63, 3.8) is 0 Å². The van der Waals surface area contributed by atoms with Crippen LogP contribution in [0.5, 0.6) is 0 Å². The Kier molecular flexibility index (Phi) is 3.69. The van der Waals surface area contributed by atoms with Crippen LogP contribution in [0.4, 0.5) is 0 Å². The Morgan fingerprint density at radius 2 is 1.83 bits per heavy atom. The summed E-state index contributed by atoms with van der Waals surface area (Å²) in [4.78, 5) is 20.4. The third-order valence-electron chi connectivity index (χ3n) is 6.21. The monoisotopic (exact) mass is 313 g/mol. The van der Waals surface area contributed by atoms with Crippen LogP contribution in [0.2, 0.25) is 0 Å². The molecule has 0 spiro atoms. The predicted octanol–water partition coefficient (Wildman–Crippen LogP) is 1.39. The second-order valence-electron chi connectivity index (χ2n) is 7.63. The summed E-state index contributed by atoms with van der Waals surface area (Å²) in [7, 11) is 4.13. The molecular weight excluding hydrogens is 286 g/mol. The third kappa shape index (κ3) is 2.39. The summed E-state index contributed by atoms with van der Waals surface area (Å²) in [6, 6.07) is 9.14. The summed E-state index contributed by atoms with van der Waals surface area (Å²) in [5.41, 5.74) is 2.30. The van der Waals surface area contributed by atoms with E-state index in [2.05, 4.69) is 53.1 Å². The van der Waals surface area contributed by atoms with Crippen molar-refractivity contribution < 1.29 is 4.79 Å². The minimum atomic E-state index is -0.384. The van der Waals surface area contributed by atoms with E-state index in [1.54, 1.807) is 0 Å². The van der Waals surface area contributed by atoms with Crippen LogP contribution >= 0.6 is 0 Å². The molecule has 124 valence electrons. The zero-order valence-electron chi connectivity index (χ0n) is 14.3. The molecular formula is C19H27N3O. The van der Waals surface area contributed by atoms with Crippen LogP contribution in [-0.4, -0.2) is 72.5 Å². The Hall–Kier alpha value is -1.39. The summed E-state index contributed by atoms with van der Waals surface area (Å²) in [6.45, 7) is 4.08. The average molecular weight is 313 g/mol. The second-order valence-corrected chi connectivity index (χ2v) is 7.63. The van der Waals surface area contributed by atoms with E-state index in [1.165, 1.54) is 30.5 Å². The average Bonchev–Trinajstić information content (AvgIpc) is 3.18. The molecule has 2 saturated heterocycles. The van der Waals surface area contributed by atoms with Crippen LogP contribution in [0.1, 0.15) is 24.0 Å². The number of hydrogen-bond donors (Lipinski definition) is 0. The van der Waals surface area contributed by atoms with Crippen LogP contribution in [0, 0.1) is 0 Å². The molecule has 0 aromatic heterocycles. The van der Waals surface area contributed by atoms with Crippen LogP contribution in [0.3, 0.4) is 0 Å². The first-order chi connectivity index (χ1) is 11.1. The van der Waals surface area contributed by atoms with Crippen LogP contribution in [-0.2, 0) is 17.6 Å². The van der Waals surface area contributed by atoms with Gasteiger partial charge in [0.2, 0.25) is 5.91 Å². The highest BCUT2D eigenvalue weighted by Crippen LogP contribution is 2.36. The molecule has 0 saturated carbocycles. The molecule has 0 N–H and O–H groups in total. The highest BCUT2D eigenvalue weighted by molar-refractivity contribution is 5.88. The number of carbonyl (C=O) groups is 1. The van der Waals surface area contributed by atoms with Gasteiger partial charge >= 0.3 is 0 Å².